The van der Waals surface area contributed by atoms with Crippen molar-refractivity contribution in [1.29, 1.82) is 0 Å². The first-order valence-corrected chi connectivity index (χ1v) is 8.79. The van der Waals surface area contributed by atoms with Crippen LogP contribution in [0.4, 0.5) is 16.2 Å². The first kappa shape index (κ1) is 19.6. The van der Waals surface area contributed by atoms with E-state index in [2.05, 4.69) is 20.9 Å². The van der Waals surface area contributed by atoms with Gasteiger partial charge in [0.25, 0.3) is 11.5 Å². The summed E-state index contributed by atoms with van der Waals surface area (Å²) in [4.78, 5) is 49.9. The molecule has 9 nitrogen and oxygen atoms in total. The van der Waals surface area contributed by atoms with Crippen LogP contribution in [-0.4, -0.2) is 29.4 Å². The molecule has 6 N–H and O–H groups in total. The topological polar surface area (TPSA) is 146 Å². The molecule has 0 atom stereocenters. The first-order chi connectivity index (χ1) is 13.9. The second-order valence-corrected chi connectivity index (χ2v) is 6.23. The molecule has 0 saturated carbocycles. The summed E-state index contributed by atoms with van der Waals surface area (Å²) in [6.45, 7) is 0.113. The third-order valence-corrected chi connectivity index (χ3v) is 4.03. The number of benzene rings is 2. The van der Waals surface area contributed by atoms with E-state index in [1.54, 1.807) is 42.5 Å². The Morgan fingerprint density at radius 1 is 0.931 bits per heavy atom. The smallest absolute Gasteiger partial charge is 0.319 e. The number of carbonyl (C=O) groups is 3. The Morgan fingerprint density at radius 2 is 1.66 bits per heavy atom. The number of fused-ring (bicyclic) bond motifs is 1. The number of rotatable bonds is 6. The third-order valence-electron chi connectivity index (χ3n) is 4.03. The number of nitrogens with one attached hydrogen (secondary N) is 4. The summed E-state index contributed by atoms with van der Waals surface area (Å²) >= 11 is 0. The summed E-state index contributed by atoms with van der Waals surface area (Å²) in [5.41, 5.74) is 5.96. The lowest BCUT2D eigenvalue weighted by Crippen LogP contribution is -2.31. The number of carbonyl (C=O) groups excluding carboxylic acids is 3. The molecular weight excluding hydrogens is 374 g/mol. The van der Waals surface area contributed by atoms with E-state index in [-0.39, 0.29) is 18.5 Å². The second-order valence-electron chi connectivity index (χ2n) is 6.23. The number of amides is 4. The highest BCUT2D eigenvalue weighted by Gasteiger charge is 2.12. The van der Waals surface area contributed by atoms with Crippen molar-refractivity contribution in [2.24, 2.45) is 5.73 Å². The van der Waals surface area contributed by atoms with E-state index in [1.165, 1.54) is 6.07 Å². The minimum atomic E-state index is -0.569. The van der Waals surface area contributed by atoms with Crippen LogP contribution in [0.2, 0.25) is 0 Å². The van der Waals surface area contributed by atoms with Gasteiger partial charge in [0.05, 0.1) is 0 Å². The van der Waals surface area contributed by atoms with Crippen LogP contribution in [0.1, 0.15) is 16.8 Å². The zero-order valence-electron chi connectivity index (χ0n) is 15.3. The monoisotopic (exact) mass is 393 g/mol. The van der Waals surface area contributed by atoms with Gasteiger partial charge in [0.15, 0.2) is 0 Å². The van der Waals surface area contributed by atoms with E-state index in [1.807, 2.05) is 6.07 Å². The van der Waals surface area contributed by atoms with Crippen molar-refractivity contribution in [2.45, 2.75) is 6.42 Å². The number of pyridine rings is 1. The molecule has 0 unspecified atom stereocenters. The van der Waals surface area contributed by atoms with Gasteiger partial charge in [0, 0.05) is 29.9 Å². The van der Waals surface area contributed by atoms with Gasteiger partial charge in [-0.1, -0.05) is 24.3 Å². The Morgan fingerprint density at radius 3 is 2.41 bits per heavy atom. The molecule has 1 heterocycles. The average Bonchev–Trinajstić information content (AvgIpc) is 2.67. The highest BCUT2D eigenvalue weighted by molar-refractivity contribution is 6.06. The number of hydrogen-bond donors (Lipinski definition) is 5. The summed E-state index contributed by atoms with van der Waals surface area (Å²) < 4.78 is 0. The number of aromatic nitrogens is 1. The summed E-state index contributed by atoms with van der Waals surface area (Å²) in [5.74, 6) is -1.08. The molecule has 2 aromatic carbocycles. The van der Waals surface area contributed by atoms with Gasteiger partial charge < -0.3 is 26.7 Å². The number of urea groups is 1. The standard InChI is InChI=1S/C20H19N5O4/c21-17(26)8-9-22-20(29)24-14-6-3-5-13(11-14)23-18(27)15-10-12-4-1-2-7-16(12)25-19(15)28/h1-7,10-11H,8-9H2,(H2,21,26)(H,23,27)(H,25,28)(H2,22,24,29). The molecule has 0 radical (unpaired) electrons. The van der Waals surface area contributed by atoms with Crippen molar-refractivity contribution in [3.63, 3.8) is 0 Å². The van der Waals surface area contributed by atoms with Crippen LogP contribution in [-0.2, 0) is 4.79 Å². The molecule has 148 valence electrons. The predicted molar refractivity (Wildman–Crippen MR) is 110 cm³/mol. The van der Waals surface area contributed by atoms with E-state index in [0.29, 0.717) is 16.9 Å². The molecule has 0 spiro atoms. The van der Waals surface area contributed by atoms with Crippen LogP contribution in [0.3, 0.4) is 0 Å². The molecule has 3 aromatic rings. The summed E-state index contributed by atoms with van der Waals surface area (Å²) in [7, 11) is 0. The van der Waals surface area contributed by atoms with Gasteiger partial charge in [-0.3, -0.25) is 14.4 Å². The van der Waals surface area contributed by atoms with Crippen LogP contribution < -0.4 is 27.2 Å². The number of primary amides is 1. The second kappa shape index (κ2) is 8.70. The number of nitrogens with two attached hydrogens (primary N) is 1. The molecule has 9 heteroatoms. The summed E-state index contributed by atoms with van der Waals surface area (Å²) in [6, 6.07) is 14.6. The maximum absolute atomic E-state index is 12.5. The molecule has 29 heavy (non-hydrogen) atoms. The molecule has 0 saturated heterocycles. The van der Waals surface area contributed by atoms with Crippen molar-refractivity contribution in [1.82, 2.24) is 10.3 Å². The predicted octanol–water partition coefficient (Wildman–Crippen LogP) is 1.78. The largest absolute Gasteiger partial charge is 0.370 e. The van der Waals surface area contributed by atoms with Gasteiger partial charge in [0.1, 0.15) is 5.56 Å². The fourth-order valence-corrected chi connectivity index (χ4v) is 2.66. The minimum Gasteiger partial charge on any atom is -0.370 e. The number of para-hydroxylation sites is 1. The van der Waals surface area contributed by atoms with Gasteiger partial charge in [-0.05, 0) is 35.7 Å². The van der Waals surface area contributed by atoms with Crippen molar-refractivity contribution in [2.75, 3.05) is 17.2 Å². The van der Waals surface area contributed by atoms with Gasteiger partial charge in [-0.25, -0.2) is 4.79 Å². The van der Waals surface area contributed by atoms with E-state index < -0.39 is 23.4 Å². The van der Waals surface area contributed by atoms with Crippen LogP contribution in [0.15, 0.2) is 59.4 Å². The van der Waals surface area contributed by atoms with Crippen LogP contribution in [0.5, 0.6) is 0 Å². The lowest BCUT2D eigenvalue weighted by atomic mass is 10.1. The number of aromatic amines is 1. The highest BCUT2D eigenvalue weighted by atomic mass is 16.2. The maximum Gasteiger partial charge on any atom is 0.319 e. The summed E-state index contributed by atoms with van der Waals surface area (Å²) in [5, 5.41) is 8.45. The Hall–Kier alpha value is -4.14. The molecule has 0 aliphatic heterocycles. The molecular formula is C20H19N5O4. The normalized spacial score (nSPS) is 10.3. The summed E-state index contributed by atoms with van der Waals surface area (Å²) in [6.07, 6.45) is 0.0316. The molecule has 3 rings (SSSR count). The highest BCUT2D eigenvalue weighted by Crippen LogP contribution is 2.16. The number of hydrogen-bond acceptors (Lipinski definition) is 4. The molecule has 0 bridgehead atoms. The number of H-pyrrole nitrogens is 1. The lowest BCUT2D eigenvalue weighted by molar-refractivity contribution is -0.117. The Labute approximate surface area is 165 Å². The fourth-order valence-electron chi connectivity index (χ4n) is 2.66. The van der Waals surface area contributed by atoms with E-state index in [4.69, 9.17) is 5.73 Å². The molecule has 4 amide bonds. The van der Waals surface area contributed by atoms with Crippen molar-refractivity contribution < 1.29 is 14.4 Å². The van der Waals surface area contributed by atoms with Gasteiger partial charge >= 0.3 is 6.03 Å². The molecule has 0 fully saturated rings. The van der Waals surface area contributed by atoms with Crippen LogP contribution >= 0.6 is 0 Å². The van der Waals surface area contributed by atoms with Crippen molar-refractivity contribution in [3.8, 4) is 0 Å². The van der Waals surface area contributed by atoms with Crippen molar-refractivity contribution >= 4 is 40.1 Å². The van der Waals surface area contributed by atoms with Crippen LogP contribution in [0, 0.1) is 0 Å². The quantitative estimate of drug-likeness (QED) is 0.434. The molecule has 1 aromatic heterocycles. The van der Waals surface area contributed by atoms with E-state index in [9.17, 15) is 19.2 Å². The zero-order valence-corrected chi connectivity index (χ0v) is 15.3. The van der Waals surface area contributed by atoms with Gasteiger partial charge in [-0.15, -0.1) is 0 Å². The lowest BCUT2D eigenvalue weighted by Gasteiger charge is -2.10. The maximum atomic E-state index is 12.5. The van der Waals surface area contributed by atoms with Gasteiger partial charge in [-0.2, -0.15) is 0 Å². The Balaban J connectivity index is 1.69. The molecule has 0 aliphatic rings. The first-order valence-electron chi connectivity index (χ1n) is 8.79. The van der Waals surface area contributed by atoms with Gasteiger partial charge in [0.2, 0.25) is 5.91 Å². The van der Waals surface area contributed by atoms with E-state index in [0.717, 1.165) is 5.39 Å². The zero-order chi connectivity index (χ0) is 20.8. The average molecular weight is 393 g/mol. The SMILES string of the molecule is NC(=O)CCNC(=O)Nc1cccc(NC(=O)c2cc3ccccc3[nH]c2=O)c1. The number of anilines is 2. The van der Waals surface area contributed by atoms with Crippen LogP contribution in [0.25, 0.3) is 10.9 Å². The van der Waals surface area contributed by atoms with Crippen molar-refractivity contribution in [3.05, 3.63) is 70.5 Å². The minimum absolute atomic E-state index is 0.0220. The fraction of sp³-hybridized carbons (Fsp3) is 0.100. The molecule has 0 aliphatic carbocycles. The Kier molecular flexibility index (Phi) is 5.88. The Bertz CT molecular complexity index is 1140. The third kappa shape index (κ3) is 5.19. The van der Waals surface area contributed by atoms with E-state index >= 15 is 0 Å².